The van der Waals surface area contributed by atoms with Gasteiger partial charge in [-0.2, -0.15) is 0 Å². The van der Waals surface area contributed by atoms with Gasteiger partial charge in [0, 0.05) is 6.20 Å². The first-order valence-electron chi connectivity index (χ1n) is 4.41. The highest BCUT2D eigenvalue weighted by molar-refractivity contribution is 6.29. The van der Waals surface area contributed by atoms with E-state index in [1.165, 1.54) is 0 Å². The zero-order chi connectivity index (χ0) is 9.10. The third-order valence-corrected chi connectivity index (χ3v) is 2.31. The average molecular weight is 200 g/mol. The van der Waals surface area contributed by atoms with Crippen LogP contribution in [0.2, 0.25) is 5.15 Å². The Kier molecular flexibility index (Phi) is 2.61. The van der Waals surface area contributed by atoms with Crippen molar-refractivity contribution < 1.29 is 5.32 Å². The summed E-state index contributed by atoms with van der Waals surface area (Å²) in [5.74, 6) is 0.751. The summed E-state index contributed by atoms with van der Waals surface area (Å²) in [6.07, 6.45) is 1.70. The Bertz CT molecular complexity index is 285. The highest BCUT2D eigenvalue weighted by atomic mass is 35.5. The van der Waals surface area contributed by atoms with E-state index in [1.54, 1.807) is 12.3 Å². The summed E-state index contributed by atoms with van der Waals surface area (Å²) < 4.78 is 0. The van der Waals surface area contributed by atoms with Crippen molar-refractivity contribution in [2.75, 3.05) is 31.1 Å². The minimum Gasteiger partial charge on any atom is -0.343 e. The molecule has 2 heterocycles. The molecule has 2 N–H and O–H groups in total. The monoisotopic (exact) mass is 199 g/mol. The number of hydrogen-bond acceptors (Lipinski definition) is 3. The number of anilines is 1. The maximum absolute atomic E-state index is 5.78. The lowest BCUT2D eigenvalue weighted by Gasteiger charge is -2.24. The van der Waals surface area contributed by atoms with E-state index in [1.807, 2.05) is 0 Å². The predicted molar refractivity (Wildman–Crippen MR) is 50.9 cm³/mol. The maximum Gasteiger partial charge on any atom is 0.227 e. The molecule has 0 atom stereocenters. The molecule has 1 aliphatic rings. The molecule has 0 radical (unpaired) electrons. The molecule has 1 aliphatic heterocycles. The second-order valence-corrected chi connectivity index (χ2v) is 3.42. The number of quaternary nitrogens is 1. The Balaban J connectivity index is 2.14. The average Bonchev–Trinajstić information content (AvgIpc) is 2.19. The van der Waals surface area contributed by atoms with Gasteiger partial charge in [0.05, 0.1) is 26.2 Å². The molecule has 0 amide bonds. The van der Waals surface area contributed by atoms with Gasteiger partial charge in [-0.05, 0) is 6.07 Å². The molecule has 0 bridgehead atoms. The van der Waals surface area contributed by atoms with E-state index < -0.39 is 0 Å². The Labute approximate surface area is 81.9 Å². The number of nitrogens with zero attached hydrogens (tertiary/aromatic N) is 3. The smallest absolute Gasteiger partial charge is 0.227 e. The minimum absolute atomic E-state index is 0.513. The van der Waals surface area contributed by atoms with Crippen LogP contribution >= 0.6 is 11.6 Å². The standard InChI is InChI=1S/C8H11ClN4/c9-7-1-2-11-8(12-7)13-5-3-10-4-6-13/h1-2,10H,3-6H2/p+1. The Hall–Kier alpha value is -0.870. The van der Waals surface area contributed by atoms with Crippen molar-refractivity contribution in [3.05, 3.63) is 17.4 Å². The molecule has 1 aromatic rings. The van der Waals surface area contributed by atoms with Crippen LogP contribution < -0.4 is 10.2 Å². The number of rotatable bonds is 1. The van der Waals surface area contributed by atoms with Gasteiger partial charge in [0.2, 0.25) is 5.95 Å². The van der Waals surface area contributed by atoms with E-state index in [4.69, 9.17) is 11.6 Å². The van der Waals surface area contributed by atoms with E-state index in [0.717, 1.165) is 32.1 Å². The van der Waals surface area contributed by atoms with Crippen molar-refractivity contribution in [3.63, 3.8) is 0 Å². The summed E-state index contributed by atoms with van der Waals surface area (Å²) in [4.78, 5) is 10.5. The van der Waals surface area contributed by atoms with Crippen LogP contribution in [0.5, 0.6) is 0 Å². The first-order valence-corrected chi connectivity index (χ1v) is 4.79. The van der Waals surface area contributed by atoms with Crippen LogP contribution in [0, 0.1) is 0 Å². The van der Waals surface area contributed by atoms with Gasteiger partial charge in [-0.3, -0.25) is 0 Å². The van der Waals surface area contributed by atoms with Crippen LogP contribution in [-0.2, 0) is 0 Å². The molecule has 2 rings (SSSR count). The first-order chi connectivity index (χ1) is 6.36. The van der Waals surface area contributed by atoms with E-state index >= 15 is 0 Å². The molecule has 13 heavy (non-hydrogen) atoms. The molecule has 1 fully saturated rings. The molecule has 1 aromatic heterocycles. The van der Waals surface area contributed by atoms with Crippen LogP contribution in [-0.4, -0.2) is 36.1 Å². The van der Waals surface area contributed by atoms with Crippen LogP contribution in [0.25, 0.3) is 0 Å². The first kappa shape index (κ1) is 8.72. The van der Waals surface area contributed by atoms with Crippen LogP contribution in [0.3, 0.4) is 0 Å². The molecule has 0 spiro atoms. The molecule has 0 saturated carbocycles. The fourth-order valence-electron chi connectivity index (χ4n) is 1.43. The zero-order valence-corrected chi connectivity index (χ0v) is 8.04. The lowest BCUT2D eigenvalue weighted by Crippen LogP contribution is -2.89. The van der Waals surface area contributed by atoms with Gasteiger partial charge in [-0.1, -0.05) is 11.6 Å². The van der Waals surface area contributed by atoms with Crippen molar-refractivity contribution in [2.45, 2.75) is 0 Å². The van der Waals surface area contributed by atoms with Gasteiger partial charge < -0.3 is 10.2 Å². The van der Waals surface area contributed by atoms with Gasteiger partial charge in [0.1, 0.15) is 5.15 Å². The molecule has 0 unspecified atom stereocenters. The number of halogens is 1. The summed E-state index contributed by atoms with van der Waals surface area (Å²) in [5, 5.41) is 2.81. The third-order valence-electron chi connectivity index (χ3n) is 2.10. The summed E-state index contributed by atoms with van der Waals surface area (Å²) in [7, 11) is 0. The Morgan fingerprint density at radius 2 is 2.15 bits per heavy atom. The topological polar surface area (TPSA) is 45.6 Å². The van der Waals surface area contributed by atoms with Crippen molar-refractivity contribution in [2.24, 2.45) is 0 Å². The second-order valence-electron chi connectivity index (χ2n) is 3.03. The van der Waals surface area contributed by atoms with Crippen molar-refractivity contribution >= 4 is 17.5 Å². The zero-order valence-electron chi connectivity index (χ0n) is 7.28. The summed E-state index contributed by atoms with van der Waals surface area (Å²) in [6, 6.07) is 1.70. The summed E-state index contributed by atoms with van der Waals surface area (Å²) >= 11 is 5.78. The molecule has 70 valence electrons. The van der Waals surface area contributed by atoms with Crippen LogP contribution in [0.4, 0.5) is 5.95 Å². The van der Waals surface area contributed by atoms with Crippen molar-refractivity contribution in [1.82, 2.24) is 9.97 Å². The number of nitrogens with two attached hydrogens (primary N) is 1. The van der Waals surface area contributed by atoms with E-state index in [2.05, 4.69) is 20.2 Å². The molecule has 5 heteroatoms. The third kappa shape index (κ3) is 2.08. The lowest BCUT2D eigenvalue weighted by molar-refractivity contribution is -0.655. The van der Waals surface area contributed by atoms with Crippen molar-refractivity contribution in [3.8, 4) is 0 Å². The quantitative estimate of drug-likeness (QED) is 0.622. The van der Waals surface area contributed by atoms with Gasteiger partial charge in [-0.25, -0.2) is 9.97 Å². The highest BCUT2D eigenvalue weighted by Crippen LogP contribution is 2.10. The fraction of sp³-hybridized carbons (Fsp3) is 0.500. The molecule has 0 aromatic carbocycles. The lowest BCUT2D eigenvalue weighted by atomic mass is 10.4. The number of hydrogen-bond donors (Lipinski definition) is 1. The van der Waals surface area contributed by atoms with E-state index in [9.17, 15) is 0 Å². The molecular formula is C8H12ClN4+. The predicted octanol–water partition coefficient (Wildman–Crippen LogP) is -0.487. The minimum atomic E-state index is 0.513. The SMILES string of the molecule is Clc1ccnc(N2CC[NH2+]CC2)n1. The summed E-state index contributed by atoms with van der Waals surface area (Å²) in [6.45, 7) is 4.21. The molecule has 0 aliphatic carbocycles. The molecule has 1 saturated heterocycles. The molecular weight excluding hydrogens is 188 g/mol. The maximum atomic E-state index is 5.78. The Morgan fingerprint density at radius 3 is 2.85 bits per heavy atom. The van der Waals surface area contributed by atoms with E-state index in [0.29, 0.717) is 5.15 Å². The van der Waals surface area contributed by atoms with E-state index in [-0.39, 0.29) is 0 Å². The second kappa shape index (κ2) is 3.89. The number of piperazine rings is 1. The number of aromatic nitrogens is 2. The van der Waals surface area contributed by atoms with Gasteiger partial charge in [-0.15, -0.1) is 0 Å². The van der Waals surface area contributed by atoms with Gasteiger partial charge >= 0.3 is 0 Å². The van der Waals surface area contributed by atoms with Crippen molar-refractivity contribution in [1.29, 1.82) is 0 Å². The largest absolute Gasteiger partial charge is 0.343 e. The highest BCUT2D eigenvalue weighted by Gasteiger charge is 2.14. The Morgan fingerprint density at radius 1 is 1.38 bits per heavy atom. The van der Waals surface area contributed by atoms with Gasteiger partial charge in [0.25, 0.3) is 0 Å². The normalized spacial score (nSPS) is 17.5. The van der Waals surface area contributed by atoms with Crippen LogP contribution in [0.15, 0.2) is 12.3 Å². The van der Waals surface area contributed by atoms with Crippen LogP contribution in [0.1, 0.15) is 0 Å². The fourth-order valence-corrected chi connectivity index (χ4v) is 1.56. The summed E-state index contributed by atoms with van der Waals surface area (Å²) in [5.41, 5.74) is 0. The van der Waals surface area contributed by atoms with Gasteiger partial charge in [0.15, 0.2) is 0 Å². The molecule has 4 nitrogen and oxygen atoms in total.